The molecule has 0 aliphatic rings. The van der Waals surface area contributed by atoms with E-state index in [1.165, 1.54) is 7.11 Å². The molecule has 1 aromatic carbocycles. The molecule has 106 valence electrons. The van der Waals surface area contributed by atoms with E-state index in [1.54, 1.807) is 20.2 Å². The van der Waals surface area contributed by atoms with Crippen LogP contribution in [0.4, 0.5) is 0 Å². The van der Waals surface area contributed by atoms with Crippen molar-refractivity contribution in [2.45, 2.75) is 25.5 Å². The van der Waals surface area contributed by atoms with Gasteiger partial charge < -0.3 is 19.9 Å². The van der Waals surface area contributed by atoms with Gasteiger partial charge in [-0.2, -0.15) is 0 Å². The molecule has 0 saturated heterocycles. The van der Waals surface area contributed by atoms with Gasteiger partial charge in [0.25, 0.3) is 0 Å². The van der Waals surface area contributed by atoms with E-state index in [1.807, 2.05) is 19.1 Å². The Kier molecular flexibility index (Phi) is 5.79. The fourth-order valence-corrected chi connectivity index (χ4v) is 1.94. The summed E-state index contributed by atoms with van der Waals surface area (Å²) in [7, 11) is 4.57. The molecule has 0 saturated carbocycles. The summed E-state index contributed by atoms with van der Waals surface area (Å²) in [5.74, 6) is 0.230. The van der Waals surface area contributed by atoms with Crippen LogP contribution in [0.15, 0.2) is 18.2 Å². The fourth-order valence-electron chi connectivity index (χ4n) is 1.94. The van der Waals surface area contributed by atoms with Gasteiger partial charge in [0.05, 0.1) is 26.7 Å². The van der Waals surface area contributed by atoms with Crippen molar-refractivity contribution in [2.24, 2.45) is 0 Å². The minimum Gasteiger partial charge on any atom is -0.496 e. The number of hydrogen-bond donors (Lipinski definition) is 2. The largest absolute Gasteiger partial charge is 0.496 e. The van der Waals surface area contributed by atoms with E-state index in [0.717, 1.165) is 5.56 Å². The summed E-state index contributed by atoms with van der Waals surface area (Å²) < 4.78 is 9.87. The third kappa shape index (κ3) is 3.94. The average molecular weight is 267 g/mol. The Hall–Kier alpha value is -1.59. The molecular formula is C14H21NO4. The summed E-state index contributed by atoms with van der Waals surface area (Å²) in [5.41, 5.74) is 1.67. The van der Waals surface area contributed by atoms with Crippen LogP contribution in [0.5, 0.6) is 5.75 Å². The molecule has 0 radical (unpaired) electrons. The van der Waals surface area contributed by atoms with Gasteiger partial charge in [0.2, 0.25) is 0 Å². The SMILES string of the molecule is CNC(CC(=O)OC)C(O)c1cc(C)ccc1OC. The molecule has 0 aliphatic heterocycles. The lowest BCUT2D eigenvalue weighted by Gasteiger charge is -2.23. The number of ether oxygens (including phenoxy) is 2. The van der Waals surface area contributed by atoms with Gasteiger partial charge in [-0.05, 0) is 26.1 Å². The van der Waals surface area contributed by atoms with Gasteiger partial charge in [0.1, 0.15) is 5.75 Å². The predicted molar refractivity (Wildman–Crippen MR) is 72.2 cm³/mol. The van der Waals surface area contributed by atoms with Crippen molar-refractivity contribution in [3.8, 4) is 5.75 Å². The smallest absolute Gasteiger partial charge is 0.307 e. The van der Waals surface area contributed by atoms with Gasteiger partial charge in [-0.15, -0.1) is 0 Å². The molecule has 19 heavy (non-hydrogen) atoms. The zero-order valence-corrected chi connectivity index (χ0v) is 11.8. The molecule has 0 bridgehead atoms. The fraction of sp³-hybridized carbons (Fsp3) is 0.500. The zero-order valence-electron chi connectivity index (χ0n) is 11.8. The van der Waals surface area contributed by atoms with Crippen LogP contribution in [0.2, 0.25) is 0 Å². The van der Waals surface area contributed by atoms with Crippen molar-refractivity contribution in [1.82, 2.24) is 5.32 Å². The molecular weight excluding hydrogens is 246 g/mol. The topological polar surface area (TPSA) is 67.8 Å². The Morgan fingerprint density at radius 3 is 2.63 bits per heavy atom. The lowest BCUT2D eigenvalue weighted by Crippen LogP contribution is -2.34. The molecule has 2 atom stereocenters. The Balaban J connectivity index is 2.99. The number of hydrogen-bond acceptors (Lipinski definition) is 5. The van der Waals surface area contributed by atoms with Crippen molar-refractivity contribution in [3.63, 3.8) is 0 Å². The molecule has 0 spiro atoms. The molecule has 0 aromatic heterocycles. The second-order valence-corrected chi connectivity index (χ2v) is 4.37. The first-order valence-corrected chi connectivity index (χ1v) is 6.10. The number of nitrogens with one attached hydrogen (secondary N) is 1. The van der Waals surface area contributed by atoms with Gasteiger partial charge in [0.15, 0.2) is 0 Å². The van der Waals surface area contributed by atoms with Crippen LogP contribution in [0.3, 0.4) is 0 Å². The van der Waals surface area contributed by atoms with Crippen LogP contribution in [-0.4, -0.2) is 38.4 Å². The lowest BCUT2D eigenvalue weighted by atomic mass is 9.97. The highest BCUT2D eigenvalue weighted by Gasteiger charge is 2.25. The van der Waals surface area contributed by atoms with Crippen LogP contribution >= 0.6 is 0 Å². The van der Waals surface area contributed by atoms with Crippen LogP contribution < -0.4 is 10.1 Å². The number of esters is 1. The molecule has 1 aromatic rings. The number of carbonyl (C=O) groups excluding carboxylic acids is 1. The molecule has 0 heterocycles. The number of benzene rings is 1. The van der Waals surface area contributed by atoms with Crippen LogP contribution in [0, 0.1) is 6.92 Å². The molecule has 0 amide bonds. The van der Waals surface area contributed by atoms with E-state index in [4.69, 9.17) is 4.74 Å². The van der Waals surface area contributed by atoms with Gasteiger partial charge in [-0.3, -0.25) is 4.79 Å². The summed E-state index contributed by atoms with van der Waals surface area (Å²) in [6, 6.07) is 5.14. The zero-order chi connectivity index (χ0) is 14.4. The maximum atomic E-state index is 11.3. The van der Waals surface area contributed by atoms with Crippen molar-refractivity contribution in [2.75, 3.05) is 21.3 Å². The highest BCUT2D eigenvalue weighted by Crippen LogP contribution is 2.29. The third-order valence-corrected chi connectivity index (χ3v) is 3.07. The molecule has 2 N–H and O–H groups in total. The monoisotopic (exact) mass is 267 g/mol. The van der Waals surface area contributed by atoms with E-state index in [2.05, 4.69) is 10.1 Å². The van der Waals surface area contributed by atoms with E-state index in [0.29, 0.717) is 11.3 Å². The molecule has 5 nitrogen and oxygen atoms in total. The summed E-state index contributed by atoms with van der Waals surface area (Å²) in [5, 5.41) is 13.3. The number of carbonyl (C=O) groups is 1. The number of aryl methyl sites for hydroxylation is 1. The highest BCUT2D eigenvalue weighted by molar-refractivity contribution is 5.70. The first-order chi connectivity index (χ1) is 9.03. The number of rotatable bonds is 6. The van der Waals surface area contributed by atoms with Gasteiger partial charge in [0, 0.05) is 11.6 Å². The van der Waals surface area contributed by atoms with E-state index in [9.17, 15) is 9.90 Å². The van der Waals surface area contributed by atoms with Crippen molar-refractivity contribution < 1.29 is 19.4 Å². The van der Waals surface area contributed by atoms with Gasteiger partial charge in [-0.1, -0.05) is 11.6 Å². The highest BCUT2D eigenvalue weighted by atomic mass is 16.5. The number of likely N-dealkylation sites (N-methyl/N-ethyl adjacent to an activating group) is 1. The molecule has 5 heteroatoms. The Morgan fingerprint density at radius 1 is 1.42 bits per heavy atom. The Bertz CT molecular complexity index is 433. The quantitative estimate of drug-likeness (QED) is 0.758. The number of methoxy groups -OCH3 is 2. The third-order valence-electron chi connectivity index (χ3n) is 3.07. The molecule has 2 unspecified atom stereocenters. The van der Waals surface area contributed by atoms with E-state index in [-0.39, 0.29) is 12.4 Å². The molecule has 0 aliphatic carbocycles. The van der Waals surface area contributed by atoms with Crippen molar-refractivity contribution in [3.05, 3.63) is 29.3 Å². The first-order valence-electron chi connectivity index (χ1n) is 6.10. The number of aliphatic hydroxyl groups is 1. The summed E-state index contributed by atoms with van der Waals surface area (Å²) in [6.07, 6.45) is -0.760. The second kappa shape index (κ2) is 7.11. The lowest BCUT2D eigenvalue weighted by molar-refractivity contribution is -0.142. The summed E-state index contributed by atoms with van der Waals surface area (Å²) in [6.45, 7) is 1.93. The van der Waals surface area contributed by atoms with Crippen molar-refractivity contribution >= 4 is 5.97 Å². The standard InChI is InChI=1S/C14H21NO4/c1-9-5-6-12(18-3)10(7-9)14(17)11(15-2)8-13(16)19-4/h5-7,11,14-15,17H,8H2,1-4H3. The van der Waals surface area contributed by atoms with Crippen LogP contribution in [-0.2, 0) is 9.53 Å². The maximum absolute atomic E-state index is 11.3. The van der Waals surface area contributed by atoms with Crippen LogP contribution in [0.1, 0.15) is 23.7 Å². The van der Waals surface area contributed by atoms with Gasteiger partial charge in [-0.25, -0.2) is 0 Å². The van der Waals surface area contributed by atoms with Gasteiger partial charge >= 0.3 is 5.97 Å². The average Bonchev–Trinajstić information content (AvgIpc) is 2.43. The second-order valence-electron chi connectivity index (χ2n) is 4.37. The predicted octanol–water partition coefficient (Wildman–Crippen LogP) is 1.19. The molecule has 1 rings (SSSR count). The normalized spacial score (nSPS) is 13.7. The summed E-state index contributed by atoms with van der Waals surface area (Å²) >= 11 is 0. The minimum absolute atomic E-state index is 0.0886. The number of aliphatic hydroxyl groups excluding tert-OH is 1. The van der Waals surface area contributed by atoms with Crippen LogP contribution in [0.25, 0.3) is 0 Å². The molecule has 0 fully saturated rings. The van der Waals surface area contributed by atoms with Crippen molar-refractivity contribution in [1.29, 1.82) is 0 Å². The Morgan fingerprint density at radius 2 is 2.11 bits per heavy atom. The first kappa shape index (κ1) is 15.5. The van der Waals surface area contributed by atoms with E-state index >= 15 is 0 Å². The minimum atomic E-state index is -0.848. The van der Waals surface area contributed by atoms with E-state index < -0.39 is 12.1 Å². The maximum Gasteiger partial charge on any atom is 0.307 e. The summed E-state index contributed by atoms with van der Waals surface area (Å²) in [4.78, 5) is 11.3. The Labute approximate surface area is 113 Å².